The molecule has 0 radical (unpaired) electrons. The minimum atomic E-state index is -0.845. The lowest BCUT2D eigenvalue weighted by molar-refractivity contribution is 0.394. The smallest absolute Gasteiger partial charge is 0.197 e. The van der Waals surface area contributed by atoms with Gasteiger partial charge in [0.1, 0.15) is 11.5 Å². The van der Waals surface area contributed by atoms with Crippen molar-refractivity contribution in [3.05, 3.63) is 34.3 Å². The molecule has 1 heterocycles. The van der Waals surface area contributed by atoms with Gasteiger partial charge in [0.2, 0.25) is 0 Å². The van der Waals surface area contributed by atoms with Crippen LogP contribution < -0.4 is 9.47 Å². The van der Waals surface area contributed by atoms with E-state index in [-0.39, 0.29) is 16.1 Å². The molecule has 0 unspecified atom stereocenters. The summed E-state index contributed by atoms with van der Waals surface area (Å²) in [5, 5.41) is -0.673. The number of halogens is 3. The zero-order valence-corrected chi connectivity index (χ0v) is 11.6. The fraction of sp³-hybridized carbons (Fsp3) is 0.167. The van der Waals surface area contributed by atoms with Crippen LogP contribution in [-0.2, 0) is 0 Å². The van der Waals surface area contributed by atoms with Gasteiger partial charge in [0, 0.05) is 11.6 Å². The molecule has 7 heteroatoms. The van der Waals surface area contributed by atoms with E-state index in [1.165, 1.54) is 14.2 Å². The molecule has 0 aliphatic rings. The van der Waals surface area contributed by atoms with E-state index in [4.69, 9.17) is 32.7 Å². The first-order valence-electron chi connectivity index (χ1n) is 5.17. The Bertz CT molecular complexity index is 577. The number of nitrogens with zero attached hydrogens (tertiary/aromatic N) is 2. The maximum Gasteiger partial charge on any atom is 0.197 e. The van der Waals surface area contributed by atoms with Gasteiger partial charge in [-0.3, -0.25) is 0 Å². The van der Waals surface area contributed by atoms with Crippen molar-refractivity contribution in [2.75, 3.05) is 14.2 Å². The maximum absolute atomic E-state index is 13.3. The minimum absolute atomic E-state index is 0.189. The van der Waals surface area contributed by atoms with Gasteiger partial charge in [-0.1, -0.05) is 23.2 Å². The van der Waals surface area contributed by atoms with Crippen LogP contribution in [0.15, 0.2) is 18.2 Å². The van der Waals surface area contributed by atoms with E-state index >= 15 is 0 Å². The fourth-order valence-electron chi connectivity index (χ4n) is 1.46. The highest BCUT2D eigenvalue weighted by Crippen LogP contribution is 2.30. The van der Waals surface area contributed by atoms with E-state index in [9.17, 15) is 4.39 Å². The summed E-state index contributed by atoms with van der Waals surface area (Å²) in [5.74, 6) is 0.444. The van der Waals surface area contributed by atoms with E-state index in [1.807, 2.05) is 0 Å². The van der Waals surface area contributed by atoms with Crippen molar-refractivity contribution in [3.63, 3.8) is 0 Å². The van der Waals surface area contributed by atoms with Crippen LogP contribution in [0, 0.1) is 5.82 Å². The molecule has 19 heavy (non-hydrogen) atoms. The first kappa shape index (κ1) is 13.8. The first-order chi connectivity index (χ1) is 9.05. The van der Waals surface area contributed by atoms with Gasteiger partial charge in [-0.15, -0.1) is 0 Å². The molecule has 1 aromatic heterocycles. The molecule has 4 nitrogen and oxygen atoms in total. The summed E-state index contributed by atoms with van der Waals surface area (Å²) in [6, 6.07) is 5.03. The number of methoxy groups -OCH3 is 2. The Morgan fingerprint density at radius 3 is 1.84 bits per heavy atom. The lowest BCUT2D eigenvalue weighted by Gasteiger charge is -2.08. The molecule has 0 saturated heterocycles. The molecular formula is C12H9Cl2FN2O2. The summed E-state index contributed by atoms with van der Waals surface area (Å²) in [4.78, 5) is 7.68. The predicted octanol–water partition coefficient (Wildman–Crippen LogP) is 3.61. The molecular weight excluding hydrogens is 294 g/mol. The van der Waals surface area contributed by atoms with Crippen molar-refractivity contribution in [3.8, 4) is 22.9 Å². The van der Waals surface area contributed by atoms with Crippen LogP contribution in [0.25, 0.3) is 11.4 Å². The molecule has 0 saturated carbocycles. The lowest BCUT2D eigenvalue weighted by Crippen LogP contribution is -1.96. The molecule has 1 aromatic carbocycles. The van der Waals surface area contributed by atoms with E-state index < -0.39 is 5.82 Å². The lowest BCUT2D eigenvalue weighted by atomic mass is 10.2. The van der Waals surface area contributed by atoms with Crippen LogP contribution in [0.1, 0.15) is 0 Å². The molecule has 0 aliphatic carbocycles. The summed E-state index contributed by atoms with van der Waals surface area (Å²) in [6.07, 6.45) is 0. The highest BCUT2D eigenvalue weighted by molar-refractivity contribution is 6.33. The molecule has 0 spiro atoms. The van der Waals surface area contributed by atoms with Gasteiger partial charge < -0.3 is 9.47 Å². The van der Waals surface area contributed by atoms with Crippen molar-refractivity contribution < 1.29 is 13.9 Å². The van der Waals surface area contributed by atoms with Crippen LogP contribution >= 0.6 is 23.2 Å². The second-order valence-corrected chi connectivity index (χ2v) is 4.26. The van der Waals surface area contributed by atoms with Crippen LogP contribution in [0.4, 0.5) is 4.39 Å². The zero-order chi connectivity index (χ0) is 14.0. The zero-order valence-electron chi connectivity index (χ0n) is 10.1. The Balaban J connectivity index is 2.58. The molecule has 0 bridgehead atoms. The SMILES string of the molecule is COc1cc(OC)cc(-c2nc(Cl)c(F)c(Cl)n2)c1. The highest BCUT2D eigenvalue weighted by Gasteiger charge is 2.14. The normalized spacial score (nSPS) is 10.4. The van der Waals surface area contributed by atoms with Gasteiger partial charge in [-0.2, -0.15) is 0 Å². The number of hydrogen-bond donors (Lipinski definition) is 0. The van der Waals surface area contributed by atoms with Crippen molar-refractivity contribution in [1.82, 2.24) is 9.97 Å². The second kappa shape index (κ2) is 5.59. The molecule has 0 atom stereocenters. The standard InChI is InChI=1S/C12H9Cl2FN2O2/c1-18-7-3-6(4-8(5-7)19-2)12-16-10(13)9(15)11(14)17-12/h3-5H,1-2H3. The van der Waals surface area contributed by atoms with Gasteiger partial charge in [-0.05, 0) is 12.1 Å². The summed E-state index contributed by atoms with van der Waals surface area (Å²) in [7, 11) is 3.04. The average molecular weight is 303 g/mol. The Morgan fingerprint density at radius 2 is 1.42 bits per heavy atom. The van der Waals surface area contributed by atoms with Crippen molar-refractivity contribution in [2.45, 2.75) is 0 Å². The summed E-state index contributed by atoms with van der Waals surface area (Å²) in [6.45, 7) is 0. The Morgan fingerprint density at radius 1 is 0.947 bits per heavy atom. The molecule has 0 fully saturated rings. The predicted molar refractivity (Wildman–Crippen MR) is 70.6 cm³/mol. The Kier molecular flexibility index (Phi) is 4.07. The molecule has 0 aliphatic heterocycles. The Hall–Kier alpha value is -1.59. The maximum atomic E-state index is 13.3. The quantitative estimate of drug-likeness (QED) is 0.813. The summed E-state index contributed by atoms with van der Waals surface area (Å²) >= 11 is 11.3. The van der Waals surface area contributed by atoms with Crippen LogP contribution in [0.2, 0.25) is 10.3 Å². The number of aromatic nitrogens is 2. The first-order valence-corrected chi connectivity index (χ1v) is 5.92. The van der Waals surface area contributed by atoms with Gasteiger partial charge in [0.15, 0.2) is 21.9 Å². The third-order valence-corrected chi connectivity index (χ3v) is 2.88. The fourth-order valence-corrected chi connectivity index (χ4v) is 1.85. The van der Waals surface area contributed by atoms with Crippen LogP contribution in [0.5, 0.6) is 11.5 Å². The monoisotopic (exact) mass is 302 g/mol. The number of hydrogen-bond acceptors (Lipinski definition) is 4. The van der Waals surface area contributed by atoms with Gasteiger partial charge >= 0.3 is 0 Å². The summed E-state index contributed by atoms with van der Waals surface area (Å²) < 4.78 is 23.5. The molecule has 2 rings (SSSR count). The summed E-state index contributed by atoms with van der Waals surface area (Å²) in [5.41, 5.74) is 0.556. The number of ether oxygens (including phenoxy) is 2. The number of rotatable bonds is 3. The number of benzene rings is 1. The average Bonchev–Trinajstić information content (AvgIpc) is 2.43. The van der Waals surface area contributed by atoms with Crippen LogP contribution in [-0.4, -0.2) is 24.2 Å². The van der Waals surface area contributed by atoms with Gasteiger partial charge in [0.25, 0.3) is 0 Å². The largest absolute Gasteiger partial charge is 0.497 e. The third kappa shape index (κ3) is 2.88. The topological polar surface area (TPSA) is 44.2 Å². The molecule has 0 amide bonds. The van der Waals surface area contributed by atoms with Gasteiger partial charge in [0.05, 0.1) is 14.2 Å². The van der Waals surface area contributed by atoms with E-state index in [0.717, 1.165) is 0 Å². The Labute approximate surface area is 119 Å². The van der Waals surface area contributed by atoms with Gasteiger partial charge in [-0.25, -0.2) is 14.4 Å². The van der Waals surface area contributed by atoms with E-state index in [2.05, 4.69) is 9.97 Å². The van der Waals surface area contributed by atoms with Crippen molar-refractivity contribution in [2.24, 2.45) is 0 Å². The molecule has 0 N–H and O–H groups in total. The minimum Gasteiger partial charge on any atom is -0.497 e. The van der Waals surface area contributed by atoms with Crippen molar-refractivity contribution in [1.29, 1.82) is 0 Å². The van der Waals surface area contributed by atoms with Crippen molar-refractivity contribution >= 4 is 23.2 Å². The molecule has 2 aromatic rings. The third-order valence-electron chi connectivity index (χ3n) is 2.38. The van der Waals surface area contributed by atoms with E-state index in [1.54, 1.807) is 18.2 Å². The highest BCUT2D eigenvalue weighted by atomic mass is 35.5. The van der Waals surface area contributed by atoms with Crippen LogP contribution in [0.3, 0.4) is 0 Å². The molecule has 100 valence electrons. The second-order valence-electron chi connectivity index (χ2n) is 3.54. The van der Waals surface area contributed by atoms with E-state index in [0.29, 0.717) is 17.1 Å².